The molecule has 0 bridgehead atoms. The smallest absolute Gasteiger partial charge is 0.255 e. The van der Waals surface area contributed by atoms with Crippen molar-refractivity contribution < 1.29 is 4.79 Å². The van der Waals surface area contributed by atoms with Crippen molar-refractivity contribution >= 4 is 23.0 Å². The Bertz CT molecular complexity index is 849. The number of carbonyl (C=O) groups is 1. The normalized spacial score (nSPS) is 17.5. The summed E-state index contributed by atoms with van der Waals surface area (Å²) in [5, 5.41) is 3.02. The maximum atomic E-state index is 12.8. The van der Waals surface area contributed by atoms with Gasteiger partial charge in [0.25, 0.3) is 5.91 Å². The van der Waals surface area contributed by atoms with Crippen LogP contribution in [-0.4, -0.2) is 18.5 Å². The van der Waals surface area contributed by atoms with E-state index in [1.165, 1.54) is 30.5 Å². The summed E-state index contributed by atoms with van der Waals surface area (Å²) in [6, 6.07) is 12.3. The van der Waals surface area contributed by atoms with Crippen molar-refractivity contribution in [2.24, 2.45) is 0 Å². The SMILES string of the molecule is Cc1cc(N)c(NC(=O)c2ccc(C(C)(C)C)cc2)cc1N1CCCC[C@H]1C. The van der Waals surface area contributed by atoms with Crippen LogP contribution in [0.5, 0.6) is 0 Å². The van der Waals surface area contributed by atoms with Crippen LogP contribution < -0.4 is 16.0 Å². The molecule has 1 atom stereocenters. The summed E-state index contributed by atoms with van der Waals surface area (Å²) in [6.45, 7) is 11.9. The van der Waals surface area contributed by atoms with Crippen molar-refractivity contribution in [3.05, 3.63) is 53.1 Å². The molecule has 0 radical (unpaired) electrons. The number of piperidine rings is 1. The Morgan fingerprint density at radius 2 is 1.82 bits per heavy atom. The predicted molar refractivity (Wildman–Crippen MR) is 119 cm³/mol. The molecule has 0 spiro atoms. The lowest BCUT2D eigenvalue weighted by molar-refractivity contribution is 0.102. The third-order valence-electron chi connectivity index (χ3n) is 5.74. The molecule has 28 heavy (non-hydrogen) atoms. The lowest BCUT2D eigenvalue weighted by Gasteiger charge is -2.36. The Kier molecular flexibility index (Phi) is 5.69. The van der Waals surface area contributed by atoms with Gasteiger partial charge >= 0.3 is 0 Å². The van der Waals surface area contributed by atoms with Gasteiger partial charge in [0, 0.05) is 23.8 Å². The van der Waals surface area contributed by atoms with Gasteiger partial charge in [-0.25, -0.2) is 0 Å². The summed E-state index contributed by atoms with van der Waals surface area (Å²) < 4.78 is 0. The molecule has 1 fully saturated rings. The molecule has 4 heteroatoms. The highest BCUT2D eigenvalue weighted by Crippen LogP contribution is 2.33. The summed E-state index contributed by atoms with van der Waals surface area (Å²) in [6.07, 6.45) is 3.68. The minimum Gasteiger partial charge on any atom is -0.397 e. The van der Waals surface area contributed by atoms with Crippen molar-refractivity contribution in [1.82, 2.24) is 0 Å². The minimum absolute atomic E-state index is 0.0659. The Morgan fingerprint density at radius 1 is 1.14 bits per heavy atom. The highest BCUT2D eigenvalue weighted by molar-refractivity contribution is 6.06. The zero-order chi connectivity index (χ0) is 20.5. The predicted octanol–water partition coefficient (Wildman–Crippen LogP) is 5.51. The first-order chi connectivity index (χ1) is 13.2. The molecule has 2 aromatic carbocycles. The summed E-state index contributed by atoms with van der Waals surface area (Å²) >= 11 is 0. The van der Waals surface area contributed by atoms with Crippen LogP contribution in [0.2, 0.25) is 0 Å². The van der Waals surface area contributed by atoms with E-state index < -0.39 is 0 Å². The van der Waals surface area contributed by atoms with Gasteiger partial charge in [-0.3, -0.25) is 4.79 Å². The highest BCUT2D eigenvalue weighted by atomic mass is 16.1. The van der Waals surface area contributed by atoms with Crippen LogP contribution >= 0.6 is 0 Å². The molecule has 1 saturated heterocycles. The van der Waals surface area contributed by atoms with Crippen molar-refractivity contribution in [3.63, 3.8) is 0 Å². The molecule has 0 unspecified atom stereocenters. The highest BCUT2D eigenvalue weighted by Gasteiger charge is 2.21. The second-order valence-electron chi connectivity index (χ2n) is 9.05. The van der Waals surface area contributed by atoms with E-state index in [9.17, 15) is 4.79 Å². The summed E-state index contributed by atoms with van der Waals surface area (Å²) in [5.41, 5.74) is 11.7. The largest absolute Gasteiger partial charge is 0.397 e. The monoisotopic (exact) mass is 379 g/mol. The molecule has 1 heterocycles. The summed E-state index contributed by atoms with van der Waals surface area (Å²) in [7, 11) is 0. The first-order valence-corrected chi connectivity index (χ1v) is 10.3. The van der Waals surface area contributed by atoms with E-state index in [0.29, 0.717) is 23.0 Å². The molecule has 1 amide bonds. The molecule has 1 aliphatic heterocycles. The van der Waals surface area contributed by atoms with E-state index in [0.717, 1.165) is 12.1 Å². The third kappa shape index (κ3) is 4.32. The van der Waals surface area contributed by atoms with Gasteiger partial charge in [-0.1, -0.05) is 32.9 Å². The molecule has 3 N–H and O–H groups in total. The van der Waals surface area contributed by atoms with Gasteiger partial charge in [-0.15, -0.1) is 0 Å². The lowest BCUT2D eigenvalue weighted by Crippen LogP contribution is -2.37. The molecule has 2 aromatic rings. The fraction of sp³-hybridized carbons (Fsp3) is 0.458. The van der Waals surface area contributed by atoms with Crippen molar-refractivity contribution in [2.75, 3.05) is 22.5 Å². The molecular formula is C24H33N3O. The Balaban J connectivity index is 1.83. The van der Waals surface area contributed by atoms with E-state index >= 15 is 0 Å². The zero-order valence-electron chi connectivity index (χ0n) is 17.8. The number of nitrogens with one attached hydrogen (secondary N) is 1. The number of hydrogen-bond donors (Lipinski definition) is 2. The first-order valence-electron chi connectivity index (χ1n) is 10.3. The number of hydrogen-bond acceptors (Lipinski definition) is 3. The van der Waals surface area contributed by atoms with E-state index in [2.05, 4.69) is 44.8 Å². The Labute approximate surface area is 169 Å². The Hall–Kier alpha value is -2.49. The van der Waals surface area contributed by atoms with Crippen molar-refractivity contribution in [3.8, 4) is 0 Å². The van der Waals surface area contributed by atoms with Gasteiger partial charge in [0.1, 0.15) is 0 Å². The number of rotatable bonds is 3. The molecule has 150 valence electrons. The number of nitrogen functional groups attached to an aromatic ring is 1. The first kappa shape index (κ1) is 20.2. The number of aryl methyl sites for hydroxylation is 1. The number of benzene rings is 2. The van der Waals surface area contributed by atoms with Crippen LogP contribution in [0.25, 0.3) is 0 Å². The molecule has 4 nitrogen and oxygen atoms in total. The van der Waals surface area contributed by atoms with Gasteiger partial charge in [0.2, 0.25) is 0 Å². The van der Waals surface area contributed by atoms with Crippen LogP contribution in [0.3, 0.4) is 0 Å². The number of anilines is 3. The van der Waals surface area contributed by atoms with Crippen molar-refractivity contribution in [2.45, 2.75) is 65.3 Å². The molecular weight excluding hydrogens is 346 g/mol. The van der Waals surface area contributed by atoms with E-state index in [1.807, 2.05) is 36.4 Å². The zero-order valence-corrected chi connectivity index (χ0v) is 17.8. The maximum Gasteiger partial charge on any atom is 0.255 e. The van der Waals surface area contributed by atoms with Gasteiger partial charge in [-0.2, -0.15) is 0 Å². The van der Waals surface area contributed by atoms with Gasteiger partial charge in [-0.05, 0) is 73.9 Å². The quantitative estimate of drug-likeness (QED) is 0.692. The second kappa shape index (κ2) is 7.86. The van der Waals surface area contributed by atoms with E-state index in [-0.39, 0.29) is 11.3 Å². The standard InChI is InChI=1S/C24H33N3O/c1-16-14-20(25)21(15-22(16)27-13-7-6-8-17(27)2)26-23(28)18-9-11-19(12-10-18)24(3,4)5/h9-12,14-15,17H,6-8,13,25H2,1-5H3,(H,26,28)/t17-/m1/s1. The van der Waals surface area contributed by atoms with E-state index in [4.69, 9.17) is 5.73 Å². The maximum absolute atomic E-state index is 12.8. The second-order valence-corrected chi connectivity index (χ2v) is 9.05. The third-order valence-corrected chi connectivity index (χ3v) is 5.74. The average molecular weight is 380 g/mol. The van der Waals surface area contributed by atoms with Crippen LogP contribution in [0.15, 0.2) is 36.4 Å². The number of amides is 1. The van der Waals surface area contributed by atoms with Crippen molar-refractivity contribution in [1.29, 1.82) is 0 Å². The van der Waals surface area contributed by atoms with E-state index in [1.54, 1.807) is 0 Å². The number of carbonyl (C=O) groups excluding carboxylic acids is 1. The van der Waals surface area contributed by atoms with Crippen LogP contribution in [-0.2, 0) is 5.41 Å². The Morgan fingerprint density at radius 3 is 2.43 bits per heavy atom. The molecule has 0 aromatic heterocycles. The summed E-state index contributed by atoms with van der Waals surface area (Å²) in [4.78, 5) is 15.2. The van der Waals surface area contributed by atoms with Gasteiger partial charge < -0.3 is 16.0 Å². The lowest BCUT2D eigenvalue weighted by atomic mass is 9.87. The fourth-order valence-corrected chi connectivity index (χ4v) is 3.91. The average Bonchev–Trinajstić information content (AvgIpc) is 2.64. The molecule has 0 aliphatic carbocycles. The minimum atomic E-state index is -0.131. The van der Waals surface area contributed by atoms with Crippen LogP contribution in [0.1, 0.15) is 68.4 Å². The number of nitrogens with two attached hydrogens (primary N) is 1. The molecule has 3 rings (SSSR count). The van der Waals surface area contributed by atoms with Gasteiger partial charge in [0.15, 0.2) is 0 Å². The number of nitrogens with zero attached hydrogens (tertiary/aromatic N) is 1. The van der Waals surface area contributed by atoms with Crippen LogP contribution in [0, 0.1) is 6.92 Å². The topological polar surface area (TPSA) is 58.4 Å². The molecule has 1 aliphatic rings. The van der Waals surface area contributed by atoms with Gasteiger partial charge in [0.05, 0.1) is 11.4 Å². The van der Waals surface area contributed by atoms with Crippen LogP contribution in [0.4, 0.5) is 17.1 Å². The summed E-state index contributed by atoms with van der Waals surface area (Å²) in [5.74, 6) is -0.131. The fourth-order valence-electron chi connectivity index (χ4n) is 3.91. The molecule has 0 saturated carbocycles.